The Balaban J connectivity index is 2.29. The van der Waals surface area contributed by atoms with Crippen molar-refractivity contribution in [1.29, 1.82) is 0 Å². The summed E-state index contributed by atoms with van der Waals surface area (Å²) in [5.41, 5.74) is 0.934. The second kappa shape index (κ2) is 6.07. The molecule has 1 fully saturated rings. The minimum Gasteiger partial charge on any atom is -0.394 e. The second-order valence-electron chi connectivity index (χ2n) is 6.50. The van der Waals surface area contributed by atoms with E-state index < -0.39 is 15.6 Å². The van der Waals surface area contributed by atoms with Gasteiger partial charge in [-0.1, -0.05) is 19.1 Å². The maximum Gasteiger partial charge on any atom is 0.241 e. The van der Waals surface area contributed by atoms with Crippen molar-refractivity contribution in [2.45, 2.75) is 56.9 Å². The molecule has 0 aliphatic heterocycles. The first-order valence-electron chi connectivity index (χ1n) is 7.50. The lowest BCUT2D eigenvalue weighted by atomic mass is 9.78. The minimum absolute atomic E-state index is 0.149. The van der Waals surface area contributed by atoms with Crippen molar-refractivity contribution < 1.29 is 13.5 Å². The summed E-state index contributed by atoms with van der Waals surface area (Å²) in [4.78, 5) is 0.314. The van der Waals surface area contributed by atoms with Crippen molar-refractivity contribution in [3.8, 4) is 0 Å². The molecular formula is C16H25NO3S. The Labute approximate surface area is 127 Å². The van der Waals surface area contributed by atoms with Crippen LogP contribution >= 0.6 is 0 Å². The normalized spacial score (nSPS) is 26.8. The predicted octanol–water partition coefficient (Wildman–Crippen LogP) is 2.52. The van der Waals surface area contributed by atoms with Gasteiger partial charge in [0.25, 0.3) is 0 Å². The number of nitrogens with one attached hydrogen (secondary N) is 1. The fourth-order valence-corrected chi connectivity index (χ4v) is 4.73. The van der Waals surface area contributed by atoms with Crippen LogP contribution in [0.3, 0.4) is 0 Å². The van der Waals surface area contributed by atoms with Gasteiger partial charge in [0.15, 0.2) is 0 Å². The molecule has 1 aromatic rings. The summed E-state index contributed by atoms with van der Waals surface area (Å²) in [7, 11) is -3.61. The van der Waals surface area contributed by atoms with Gasteiger partial charge in [-0.3, -0.25) is 0 Å². The molecular weight excluding hydrogens is 286 g/mol. The van der Waals surface area contributed by atoms with E-state index in [1.54, 1.807) is 13.0 Å². The molecule has 1 aliphatic carbocycles. The highest BCUT2D eigenvalue weighted by atomic mass is 32.2. The van der Waals surface area contributed by atoms with E-state index >= 15 is 0 Å². The zero-order chi connectivity index (χ0) is 15.7. The van der Waals surface area contributed by atoms with Gasteiger partial charge in [-0.2, -0.15) is 0 Å². The topological polar surface area (TPSA) is 66.4 Å². The third-order valence-electron chi connectivity index (χ3n) is 4.52. The summed E-state index contributed by atoms with van der Waals surface area (Å²) in [6.07, 6.45) is 3.26. The average molecular weight is 311 g/mol. The van der Waals surface area contributed by atoms with E-state index in [9.17, 15) is 13.5 Å². The Bertz CT molecular complexity index is 602. The first kappa shape index (κ1) is 16.5. The van der Waals surface area contributed by atoms with Crippen LogP contribution in [-0.2, 0) is 10.0 Å². The number of aliphatic hydroxyl groups is 1. The van der Waals surface area contributed by atoms with Crippen molar-refractivity contribution in [3.05, 3.63) is 29.3 Å². The molecule has 2 N–H and O–H groups in total. The second-order valence-corrected chi connectivity index (χ2v) is 8.15. The number of hydrogen-bond donors (Lipinski definition) is 2. The SMILES string of the molecule is Cc1ccc(C)c(S(=O)(=O)NC2(CO)CCC(C)CC2)c1. The van der Waals surface area contributed by atoms with Gasteiger partial charge in [-0.05, 0) is 62.6 Å². The van der Waals surface area contributed by atoms with Crippen LogP contribution < -0.4 is 4.72 Å². The van der Waals surface area contributed by atoms with E-state index in [-0.39, 0.29) is 6.61 Å². The first-order chi connectivity index (χ1) is 9.78. The van der Waals surface area contributed by atoms with E-state index in [1.165, 1.54) is 0 Å². The number of aryl methyl sites for hydroxylation is 2. The fraction of sp³-hybridized carbons (Fsp3) is 0.625. The van der Waals surface area contributed by atoms with Crippen LogP contribution in [0, 0.1) is 19.8 Å². The third kappa shape index (κ3) is 3.65. The lowest BCUT2D eigenvalue weighted by Crippen LogP contribution is -2.53. The fourth-order valence-electron chi connectivity index (χ4n) is 2.94. The molecule has 1 aliphatic rings. The molecule has 0 radical (unpaired) electrons. The van der Waals surface area contributed by atoms with Gasteiger partial charge in [0.05, 0.1) is 17.0 Å². The highest BCUT2D eigenvalue weighted by molar-refractivity contribution is 7.89. The molecule has 1 aromatic carbocycles. The molecule has 0 unspecified atom stereocenters. The predicted molar refractivity (Wildman–Crippen MR) is 83.7 cm³/mol. The quantitative estimate of drug-likeness (QED) is 0.898. The van der Waals surface area contributed by atoms with Crippen LogP contribution in [0.2, 0.25) is 0 Å². The Morgan fingerprint density at radius 2 is 1.90 bits per heavy atom. The molecule has 2 rings (SSSR count). The average Bonchev–Trinajstić information content (AvgIpc) is 2.44. The molecule has 0 spiro atoms. The number of rotatable bonds is 4. The first-order valence-corrected chi connectivity index (χ1v) is 8.98. The molecule has 4 nitrogen and oxygen atoms in total. The highest BCUT2D eigenvalue weighted by Gasteiger charge is 2.38. The van der Waals surface area contributed by atoms with Gasteiger partial charge in [0.1, 0.15) is 0 Å². The van der Waals surface area contributed by atoms with Crippen LogP contribution in [0.1, 0.15) is 43.7 Å². The van der Waals surface area contributed by atoms with Crippen LogP contribution in [0.15, 0.2) is 23.1 Å². The Hall–Kier alpha value is -0.910. The Kier molecular flexibility index (Phi) is 4.76. The van der Waals surface area contributed by atoms with E-state index in [2.05, 4.69) is 11.6 Å². The summed E-state index contributed by atoms with van der Waals surface area (Å²) in [6, 6.07) is 5.41. The standard InChI is InChI=1S/C16H25NO3S/c1-12-6-8-16(11-18,9-7-12)17-21(19,20)15-10-13(2)4-5-14(15)3/h4-5,10,12,17-18H,6-9,11H2,1-3H3. The van der Waals surface area contributed by atoms with Gasteiger partial charge in [0, 0.05) is 0 Å². The van der Waals surface area contributed by atoms with E-state index in [0.29, 0.717) is 23.7 Å². The third-order valence-corrected chi connectivity index (χ3v) is 6.24. The van der Waals surface area contributed by atoms with Crippen LogP contribution in [0.4, 0.5) is 0 Å². The van der Waals surface area contributed by atoms with Crippen molar-refractivity contribution in [1.82, 2.24) is 4.72 Å². The summed E-state index contributed by atoms with van der Waals surface area (Å²) in [5, 5.41) is 9.73. The van der Waals surface area contributed by atoms with Gasteiger partial charge in [0.2, 0.25) is 10.0 Å². The Morgan fingerprint density at radius 1 is 1.29 bits per heavy atom. The molecule has 0 heterocycles. The maximum atomic E-state index is 12.7. The molecule has 0 amide bonds. The maximum absolute atomic E-state index is 12.7. The molecule has 1 saturated carbocycles. The zero-order valence-electron chi connectivity index (χ0n) is 13.0. The molecule has 0 saturated heterocycles. The molecule has 118 valence electrons. The molecule has 21 heavy (non-hydrogen) atoms. The van der Waals surface area contributed by atoms with Crippen molar-refractivity contribution in [2.24, 2.45) is 5.92 Å². The van der Waals surface area contributed by atoms with Crippen LogP contribution in [0.5, 0.6) is 0 Å². The van der Waals surface area contributed by atoms with Gasteiger partial charge in [-0.25, -0.2) is 13.1 Å². The number of sulfonamides is 1. The number of hydrogen-bond acceptors (Lipinski definition) is 3. The molecule has 0 bridgehead atoms. The van der Waals surface area contributed by atoms with Gasteiger partial charge in [-0.15, -0.1) is 0 Å². The number of aliphatic hydroxyl groups excluding tert-OH is 1. The highest BCUT2D eigenvalue weighted by Crippen LogP contribution is 2.33. The van der Waals surface area contributed by atoms with Gasteiger partial charge >= 0.3 is 0 Å². The molecule has 5 heteroatoms. The summed E-state index contributed by atoms with van der Waals surface area (Å²) in [6.45, 7) is 5.69. The Morgan fingerprint density at radius 3 is 2.48 bits per heavy atom. The van der Waals surface area contributed by atoms with Crippen molar-refractivity contribution in [3.63, 3.8) is 0 Å². The van der Waals surface area contributed by atoms with Crippen molar-refractivity contribution >= 4 is 10.0 Å². The lowest BCUT2D eigenvalue weighted by molar-refractivity contribution is 0.125. The summed E-state index contributed by atoms with van der Waals surface area (Å²) in [5.74, 6) is 0.592. The van der Waals surface area contributed by atoms with E-state index in [0.717, 1.165) is 24.0 Å². The van der Waals surface area contributed by atoms with E-state index in [1.807, 2.05) is 19.1 Å². The van der Waals surface area contributed by atoms with Gasteiger partial charge < -0.3 is 5.11 Å². The van der Waals surface area contributed by atoms with Crippen LogP contribution in [-0.4, -0.2) is 25.7 Å². The lowest BCUT2D eigenvalue weighted by Gasteiger charge is -2.38. The minimum atomic E-state index is -3.61. The van der Waals surface area contributed by atoms with E-state index in [4.69, 9.17) is 0 Å². The summed E-state index contributed by atoms with van der Waals surface area (Å²) < 4.78 is 28.2. The zero-order valence-corrected chi connectivity index (χ0v) is 13.8. The van der Waals surface area contributed by atoms with Crippen molar-refractivity contribution in [2.75, 3.05) is 6.61 Å². The molecule has 0 aromatic heterocycles. The summed E-state index contributed by atoms with van der Waals surface area (Å²) >= 11 is 0. The smallest absolute Gasteiger partial charge is 0.241 e. The van der Waals surface area contributed by atoms with Crippen LogP contribution in [0.25, 0.3) is 0 Å². The largest absolute Gasteiger partial charge is 0.394 e. The number of benzene rings is 1. The monoisotopic (exact) mass is 311 g/mol. The molecule has 0 atom stereocenters.